The molecule has 2 aromatic rings. The van der Waals surface area contributed by atoms with Crippen LogP contribution in [0.2, 0.25) is 0 Å². The van der Waals surface area contributed by atoms with Gasteiger partial charge in [-0.3, -0.25) is 0 Å². The number of aryl methyl sites for hydroxylation is 1. The van der Waals surface area contributed by atoms with Gasteiger partial charge in [0.2, 0.25) is 5.13 Å². The average molecular weight is 259 g/mol. The molecule has 4 heteroatoms. The number of hydrogen-bond donors (Lipinski definition) is 0. The molecule has 94 valence electrons. The van der Waals surface area contributed by atoms with E-state index >= 15 is 0 Å². The Morgan fingerprint density at radius 1 is 1.28 bits per heavy atom. The predicted molar refractivity (Wildman–Crippen MR) is 75.2 cm³/mol. The van der Waals surface area contributed by atoms with E-state index in [0.717, 1.165) is 23.1 Å². The highest BCUT2D eigenvalue weighted by Gasteiger charge is 2.27. The first kappa shape index (κ1) is 11.7. The first-order chi connectivity index (χ1) is 8.83. The lowest BCUT2D eigenvalue weighted by Gasteiger charge is -2.23. The monoisotopic (exact) mass is 259 g/mol. The predicted octanol–water partition coefficient (Wildman–Crippen LogP) is 3.06. The second-order valence-electron chi connectivity index (χ2n) is 4.78. The first-order valence-corrected chi connectivity index (χ1v) is 7.25. The van der Waals surface area contributed by atoms with Gasteiger partial charge in [0.05, 0.1) is 0 Å². The number of benzene rings is 1. The quantitative estimate of drug-likeness (QED) is 0.848. The molecule has 0 spiro atoms. The Morgan fingerprint density at radius 2 is 2.11 bits per heavy atom. The van der Waals surface area contributed by atoms with Gasteiger partial charge in [-0.25, -0.2) is 0 Å². The summed E-state index contributed by atoms with van der Waals surface area (Å²) in [6, 6.07) is 11.3. The molecule has 1 aromatic heterocycles. The highest BCUT2D eigenvalue weighted by atomic mass is 32.1. The van der Waals surface area contributed by atoms with Crippen LogP contribution in [-0.2, 0) is 6.42 Å². The molecule has 1 unspecified atom stereocenters. The topological polar surface area (TPSA) is 29.0 Å². The molecular formula is C14H17N3S. The molecule has 3 rings (SSSR count). The molecule has 1 atom stereocenters. The van der Waals surface area contributed by atoms with Gasteiger partial charge < -0.3 is 4.90 Å². The van der Waals surface area contributed by atoms with Crippen LogP contribution in [0.15, 0.2) is 30.3 Å². The van der Waals surface area contributed by atoms with Crippen molar-refractivity contribution in [2.75, 3.05) is 11.4 Å². The van der Waals surface area contributed by atoms with E-state index in [9.17, 15) is 0 Å². The Labute approximate surface area is 111 Å². The Bertz CT molecular complexity index is 509. The Morgan fingerprint density at radius 3 is 2.83 bits per heavy atom. The standard InChI is InChI=1S/C14H17N3S/c1-11-15-16-14(18-11)17-9-5-8-13(17)10-12-6-3-2-4-7-12/h2-4,6-7,13H,5,8-10H2,1H3. The van der Waals surface area contributed by atoms with Gasteiger partial charge in [-0.15, -0.1) is 10.2 Å². The number of aromatic nitrogens is 2. The third-order valence-electron chi connectivity index (χ3n) is 3.45. The van der Waals surface area contributed by atoms with Gasteiger partial charge in [0, 0.05) is 12.6 Å². The SMILES string of the molecule is Cc1nnc(N2CCCC2Cc2ccccc2)s1. The molecule has 1 aromatic carbocycles. The Kier molecular flexibility index (Phi) is 3.28. The van der Waals surface area contributed by atoms with Crippen molar-refractivity contribution < 1.29 is 0 Å². The third kappa shape index (κ3) is 2.38. The van der Waals surface area contributed by atoms with E-state index in [0.29, 0.717) is 6.04 Å². The maximum atomic E-state index is 4.28. The minimum atomic E-state index is 0.583. The molecule has 2 heterocycles. The summed E-state index contributed by atoms with van der Waals surface area (Å²) in [7, 11) is 0. The van der Waals surface area contributed by atoms with Crippen LogP contribution in [0.4, 0.5) is 5.13 Å². The van der Waals surface area contributed by atoms with Gasteiger partial charge in [0.15, 0.2) is 0 Å². The second-order valence-corrected chi connectivity index (χ2v) is 5.94. The highest BCUT2D eigenvalue weighted by Crippen LogP contribution is 2.29. The van der Waals surface area contributed by atoms with E-state index in [1.54, 1.807) is 11.3 Å². The van der Waals surface area contributed by atoms with Gasteiger partial charge in [-0.05, 0) is 31.7 Å². The van der Waals surface area contributed by atoms with Crippen molar-refractivity contribution in [2.24, 2.45) is 0 Å². The zero-order valence-corrected chi connectivity index (χ0v) is 11.4. The molecule has 18 heavy (non-hydrogen) atoms. The van der Waals surface area contributed by atoms with E-state index in [2.05, 4.69) is 45.4 Å². The van der Waals surface area contributed by atoms with E-state index in [4.69, 9.17) is 0 Å². The van der Waals surface area contributed by atoms with Gasteiger partial charge in [0.1, 0.15) is 5.01 Å². The fraction of sp³-hybridized carbons (Fsp3) is 0.429. The number of nitrogens with zero attached hydrogens (tertiary/aromatic N) is 3. The summed E-state index contributed by atoms with van der Waals surface area (Å²) in [6.45, 7) is 3.13. The van der Waals surface area contributed by atoms with Crippen molar-refractivity contribution in [1.82, 2.24) is 10.2 Å². The van der Waals surface area contributed by atoms with Gasteiger partial charge in [0.25, 0.3) is 0 Å². The average Bonchev–Trinajstić information content (AvgIpc) is 2.99. The number of anilines is 1. The van der Waals surface area contributed by atoms with Gasteiger partial charge in [-0.2, -0.15) is 0 Å². The maximum absolute atomic E-state index is 4.28. The lowest BCUT2D eigenvalue weighted by atomic mass is 10.0. The van der Waals surface area contributed by atoms with Crippen molar-refractivity contribution in [3.05, 3.63) is 40.9 Å². The molecule has 0 saturated carbocycles. The maximum Gasteiger partial charge on any atom is 0.208 e. The summed E-state index contributed by atoms with van der Waals surface area (Å²) in [5.74, 6) is 0. The number of rotatable bonds is 3. The zero-order valence-electron chi connectivity index (χ0n) is 10.5. The molecule has 3 nitrogen and oxygen atoms in total. The summed E-state index contributed by atoms with van der Waals surface area (Å²) in [5, 5.41) is 10.6. The molecule has 1 aliphatic heterocycles. The van der Waals surface area contributed by atoms with Crippen LogP contribution in [0.1, 0.15) is 23.4 Å². The summed E-state index contributed by atoms with van der Waals surface area (Å²) in [4.78, 5) is 2.43. The molecule has 0 bridgehead atoms. The van der Waals surface area contributed by atoms with Crippen LogP contribution in [0.25, 0.3) is 0 Å². The second kappa shape index (κ2) is 5.06. The van der Waals surface area contributed by atoms with E-state index < -0.39 is 0 Å². The highest BCUT2D eigenvalue weighted by molar-refractivity contribution is 7.15. The summed E-state index contributed by atoms with van der Waals surface area (Å²) < 4.78 is 0. The lowest BCUT2D eigenvalue weighted by Crippen LogP contribution is -2.30. The summed E-state index contributed by atoms with van der Waals surface area (Å²) in [6.07, 6.45) is 3.63. The fourth-order valence-electron chi connectivity index (χ4n) is 2.59. The summed E-state index contributed by atoms with van der Waals surface area (Å²) >= 11 is 1.70. The Balaban J connectivity index is 1.75. The molecule has 1 aliphatic rings. The van der Waals surface area contributed by atoms with Crippen molar-refractivity contribution in [3.8, 4) is 0 Å². The largest absolute Gasteiger partial charge is 0.343 e. The molecule has 1 fully saturated rings. The third-order valence-corrected chi connectivity index (χ3v) is 4.33. The molecule has 0 aliphatic carbocycles. The van der Waals surface area contributed by atoms with E-state index in [-0.39, 0.29) is 0 Å². The smallest absolute Gasteiger partial charge is 0.208 e. The van der Waals surface area contributed by atoms with Crippen molar-refractivity contribution in [3.63, 3.8) is 0 Å². The van der Waals surface area contributed by atoms with Crippen LogP contribution >= 0.6 is 11.3 Å². The number of hydrogen-bond acceptors (Lipinski definition) is 4. The van der Waals surface area contributed by atoms with Crippen LogP contribution in [0.5, 0.6) is 0 Å². The van der Waals surface area contributed by atoms with Crippen LogP contribution in [-0.4, -0.2) is 22.8 Å². The molecular weight excluding hydrogens is 242 g/mol. The Hall–Kier alpha value is -1.42. The van der Waals surface area contributed by atoms with Crippen LogP contribution < -0.4 is 4.90 Å². The molecule has 1 saturated heterocycles. The first-order valence-electron chi connectivity index (χ1n) is 6.43. The molecule has 0 amide bonds. The van der Waals surface area contributed by atoms with E-state index in [1.165, 1.54) is 18.4 Å². The fourth-order valence-corrected chi connectivity index (χ4v) is 3.37. The normalized spacial score (nSPS) is 19.4. The zero-order chi connectivity index (χ0) is 12.4. The van der Waals surface area contributed by atoms with Crippen molar-refractivity contribution in [2.45, 2.75) is 32.2 Å². The molecule has 0 N–H and O–H groups in total. The van der Waals surface area contributed by atoms with Crippen LogP contribution in [0.3, 0.4) is 0 Å². The molecule has 0 radical (unpaired) electrons. The lowest BCUT2D eigenvalue weighted by molar-refractivity contribution is 0.660. The van der Waals surface area contributed by atoms with Crippen LogP contribution in [0, 0.1) is 6.92 Å². The minimum absolute atomic E-state index is 0.583. The van der Waals surface area contributed by atoms with Crippen molar-refractivity contribution in [1.29, 1.82) is 0 Å². The van der Waals surface area contributed by atoms with Gasteiger partial charge >= 0.3 is 0 Å². The summed E-state index contributed by atoms with van der Waals surface area (Å²) in [5.41, 5.74) is 1.41. The van der Waals surface area contributed by atoms with E-state index in [1.807, 2.05) is 6.92 Å². The van der Waals surface area contributed by atoms with Gasteiger partial charge in [-0.1, -0.05) is 41.7 Å². The van der Waals surface area contributed by atoms with Crippen molar-refractivity contribution >= 4 is 16.5 Å². The minimum Gasteiger partial charge on any atom is -0.343 e.